The van der Waals surface area contributed by atoms with Crippen LogP contribution >= 0.6 is 11.3 Å². The Morgan fingerprint density at radius 1 is 1.25 bits per heavy atom. The van der Waals surface area contributed by atoms with Gasteiger partial charge < -0.3 is 10.6 Å². The third kappa shape index (κ3) is 5.33. The molecule has 0 spiro atoms. The van der Waals surface area contributed by atoms with Crippen molar-refractivity contribution in [3.05, 3.63) is 52.2 Å². The fourth-order valence-electron chi connectivity index (χ4n) is 2.13. The summed E-state index contributed by atoms with van der Waals surface area (Å²) in [5.74, 6) is 1.09. The van der Waals surface area contributed by atoms with E-state index in [-0.39, 0.29) is 4.90 Å². The number of nitrogens with one attached hydrogen (secondary N) is 2. The van der Waals surface area contributed by atoms with Crippen molar-refractivity contribution in [1.82, 2.24) is 10.6 Å². The number of thiophene rings is 1. The van der Waals surface area contributed by atoms with Crippen molar-refractivity contribution >= 4 is 27.3 Å². The van der Waals surface area contributed by atoms with E-state index in [0.29, 0.717) is 18.4 Å². The number of guanidine groups is 1. The van der Waals surface area contributed by atoms with Crippen molar-refractivity contribution in [2.24, 2.45) is 10.1 Å². The first kappa shape index (κ1) is 18.4. The topological polar surface area (TPSA) is 96.6 Å². The van der Waals surface area contributed by atoms with Gasteiger partial charge in [-0.05, 0) is 46.0 Å². The van der Waals surface area contributed by atoms with Crippen LogP contribution in [0.4, 0.5) is 0 Å². The van der Waals surface area contributed by atoms with E-state index in [2.05, 4.69) is 39.4 Å². The third-order valence-electron chi connectivity index (χ3n) is 3.62. The van der Waals surface area contributed by atoms with Crippen LogP contribution in [0, 0.1) is 0 Å². The van der Waals surface area contributed by atoms with Gasteiger partial charge in [-0.3, -0.25) is 4.99 Å². The van der Waals surface area contributed by atoms with Crippen molar-refractivity contribution in [2.75, 3.05) is 13.6 Å². The largest absolute Gasteiger partial charge is 0.356 e. The van der Waals surface area contributed by atoms with Crippen molar-refractivity contribution in [3.63, 3.8) is 0 Å². The van der Waals surface area contributed by atoms with Gasteiger partial charge in [-0.15, -0.1) is 0 Å². The molecule has 0 aliphatic carbocycles. The van der Waals surface area contributed by atoms with Gasteiger partial charge in [0.25, 0.3) is 0 Å². The first-order valence-corrected chi connectivity index (χ1v) is 9.97. The number of benzene rings is 1. The summed E-state index contributed by atoms with van der Waals surface area (Å²) in [6, 6.07) is 8.59. The lowest BCUT2D eigenvalue weighted by Gasteiger charge is -2.15. The summed E-state index contributed by atoms with van der Waals surface area (Å²) in [7, 11) is -1.93. The highest BCUT2D eigenvalue weighted by Gasteiger charge is 2.08. The highest BCUT2D eigenvalue weighted by atomic mass is 32.2. The Hall–Kier alpha value is -1.90. The highest BCUT2D eigenvalue weighted by Crippen LogP contribution is 2.17. The Labute approximate surface area is 146 Å². The second-order valence-corrected chi connectivity index (χ2v) is 7.79. The molecule has 0 bridgehead atoms. The summed E-state index contributed by atoms with van der Waals surface area (Å²) in [4.78, 5) is 4.30. The van der Waals surface area contributed by atoms with Gasteiger partial charge in [0.15, 0.2) is 5.96 Å². The Balaban J connectivity index is 1.85. The Bertz CT molecular complexity index is 769. The van der Waals surface area contributed by atoms with E-state index in [0.717, 1.165) is 12.1 Å². The average Bonchev–Trinajstić information content (AvgIpc) is 3.09. The molecule has 6 nitrogen and oxygen atoms in total. The first-order valence-electron chi connectivity index (χ1n) is 7.48. The van der Waals surface area contributed by atoms with E-state index in [9.17, 15) is 8.42 Å². The quantitative estimate of drug-likeness (QED) is 0.537. The summed E-state index contributed by atoms with van der Waals surface area (Å²) in [5.41, 5.74) is 2.25. The smallest absolute Gasteiger partial charge is 0.238 e. The standard InChI is InChI=1S/C16H22N4O2S2/c1-12(14-7-8-23-11-14)9-19-16(18-2)20-10-13-3-5-15(6-4-13)24(17,21)22/h3-8,11-12H,9-10H2,1-2H3,(H2,17,21,22)(H2,18,19,20). The van der Waals surface area contributed by atoms with Gasteiger partial charge in [-0.2, -0.15) is 11.3 Å². The van der Waals surface area contributed by atoms with Gasteiger partial charge in [0.05, 0.1) is 4.90 Å². The maximum absolute atomic E-state index is 11.2. The van der Waals surface area contributed by atoms with E-state index in [1.165, 1.54) is 17.7 Å². The summed E-state index contributed by atoms with van der Waals surface area (Å²) >= 11 is 1.69. The Kier molecular flexibility index (Phi) is 6.36. The monoisotopic (exact) mass is 366 g/mol. The van der Waals surface area contributed by atoms with E-state index in [4.69, 9.17) is 5.14 Å². The highest BCUT2D eigenvalue weighted by molar-refractivity contribution is 7.89. The summed E-state index contributed by atoms with van der Waals surface area (Å²) in [6.07, 6.45) is 0. The predicted octanol–water partition coefficient (Wildman–Crippen LogP) is 1.86. The van der Waals surface area contributed by atoms with Gasteiger partial charge in [0.2, 0.25) is 10.0 Å². The molecule has 2 aromatic rings. The van der Waals surface area contributed by atoms with Gasteiger partial charge in [-0.25, -0.2) is 13.6 Å². The Morgan fingerprint density at radius 3 is 2.50 bits per heavy atom. The molecule has 0 fully saturated rings. The van der Waals surface area contributed by atoms with Crippen LogP contribution in [0.25, 0.3) is 0 Å². The van der Waals surface area contributed by atoms with E-state index in [1.807, 2.05) is 0 Å². The zero-order valence-electron chi connectivity index (χ0n) is 13.7. The molecule has 0 saturated heterocycles. The molecule has 8 heteroatoms. The molecule has 1 aromatic carbocycles. The molecule has 1 unspecified atom stereocenters. The number of nitrogens with zero attached hydrogens (tertiary/aromatic N) is 1. The Morgan fingerprint density at radius 2 is 1.96 bits per heavy atom. The molecule has 130 valence electrons. The molecule has 0 aliphatic heterocycles. The second-order valence-electron chi connectivity index (χ2n) is 5.45. The molecule has 0 amide bonds. The van der Waals surface area contributed by atoms with Gasteiger partial charge in [0.1, 0.15) is 0 Å². The molecule has 2 rings (SSSR count). The van der Waals surface area contributed by atoms with E-state index in [1.54, 1.807) is 30.5 Å². The number of rotatable bonds is 6. The molecular formula is C16H22N4O2S2. The van der Waals surface area contributed by atoms with Crippen molar-refractivity contribution in [2.45, 2.75) is 24.3 Å². The first-order chi connectivity index (χ1) is 11.4. The lowest BCUT2D eigenvalue weighted by atomic mass is 10.1. The summed E-state index contributed by atoms with van der Waals surface area (Å²) in [5, 5.41) is 15.8. The maximum atomic E-state index is 11.2. The number of sulfonamides is 1. The van der Waals surface area contributed by atoms with Crippen molar-refractivity contribution in [3.8, 4) is 0 Å². The molecule has 4 N–H and O–H groups in total. The van der Waals surface area contributed by atoms with Crippen LogP contribution in [0.2, 0.25) is 0 Å². The fourth-order valence-corrected chi connectivity index (χ4v) is 3.42. The molecule has 0 aliphatic rings. The van der Waals surface area contributed by atoms with Crippen LogP contribution in [-0.4, -0.2) is 28.0 Å². The van der Waals surface area contributed by atoms with Gasteiger partial charge >= 0.3 is 0 Å². The molecule has 1 heterocycles. The third-order valence-corrected chi connectivity index (χ3v) is 5.25. The fraction of sp³-hybridized carbons (Fsp3) is 0.312. The number of hydrogen-bond donors (Lipinski definition) is 3. The molecule has 1 atom stereocenters. The minimum atomic E-state index is -3.65. The minimum Gasteiger partial charge on any atom is -0.356 e. The number of primary sulfonamides is 1. The van der Waals surface area contributed by atoms with Crippen LogP contribution in [0.5, 0.6) is 0 Å². The van der Waals surface area contributed by atoms with Crippen molar-refractivity contribution < 1.29 is 8.42 Å². The second kappa shape index (κ2) is 8.27. The normalized spacial score (nSPS) is 13.5. The van der Waals surface area contributed by atoms with Crippen LogP contribution in [-0.2, 0) is 16.6 Å². The minimum absolute atomic E-state index is 0.110. The molecule has 24 heavy (non-hydrogen) atoms. The zero-order chi connectivity index (χ0) is 17.6. The SMILES string of the molecule is CN=C(NCc1ccc(S(N)(=O)=O)cc1)NCC(C)c1ccsc1. The van der Waals surface area contributed by atoms with Gasteiger partial charge in [0, 0.05) is 20.1 Å². The predicted molar refractivity (Wildman–Crippen MR) is 98.8 cm³/mol. The van der Waals surface area contributed by atoms with E-state index >= 15 is 0 Å². The molecule has 0 radical (unpaired) electrons. The number of aliphatic imine (C=N–C) groups is 1. The van der Waals surface area contributed by atoms with Crippen LogP contribution in [0.1, 0.15) is 24.0 Å². The van der Waals surface area contributed by atoms with Crippen LogP contribution in [0.3, 0.4) is 0 Å². The lowest BCUT2D eigenvalue weighted by Crippen LogP contribution is -2.38. The van der Waals surface area contributed by atoms with E-state index < -0.39 is 10.0 Å². The summed E-state index contributed by atoms with van der Waals surface area (Å²) < 4.78 is 22.5. The van der Waals surface area contributed by atoms with Crippen LogP contribution in [0.15, 0.2) is 51.0 Å². The lowest BCUT2D eigenvalue weighted by molar-refractivity contribution is 0.597. The number of hydrogen-bond acceptors (Lipinski definition) is 4. The average molecular weight is 367 g/mol. The molecule has 0 saturated carbocycles. The van der Waals surface area contributed by atoms with Gasteiger partial charge in [-0.1, -0.05) is 19.1 Å². The van der Waals surface area contributed by atoms with Crippen molar-refractivity contribution in [1.29, 1.82) is 0 Å². The molecule has 1 aromatic heterocycles. The number of nitrogens with two attached hydrogens (primary N) is 1. The molecular weight excluding hydrogens is 344 g/mol. The van der Waals surface area contributed by atoms with Crippen LogP contribution < -0.4 is 15.8 Å². The summed E-state index contributed by atoms with van der Waals surface area (Å²) in [6.45, 7) is 3.48. The zero-order valence-corrected chi connectivity index (χ0v) is 15.3. The maximum Gasteiger partial charge on any atom is 0.238 e.